The molecule has 0 radical (unpaired) electrons. The lowest BCUT2D eigenvalue weighted by atomic mass is 10.1. The Bertz CT molecular complexity index is 764. The first-order valence-electron chi connectivity index (χ1n) is 6.58. The standard InChI is InChI=1S/C15H11Cl2N3O2/c16-12-5-4-11(14(17)19-12)15(22)18-9-2-1-3-10(8-9)20-7-6-13(20)21/h1-5,8H,6-7H2,(H,18,22). The molecule has 1 N–H and O–H groups in total. The Morgan fingerprint density at radius 2 is 2.05 bits per heavy atom. The number of benzene rings is 1. The van der Waals surface area contributed by atoms with Crippen LogP contribution >= 0.6 is 23.2 Å². The number of carbonyl (C=O) groups excluding carboxylic acids is 2. The van der Waals surface area contributed by atoms with Crippen molar-refractivity contribution < 1.29 is 9.59 Å². The maximum Gasteiger partial charge on any atom is 0.258 e. The second-order valence-electron chi connectivity index (χ2n) is 4.77. The number of pyridine rings is 1. The molecule has 0 spiro atoms. The predicted molar refractivity (Wildman–Crippen MR) is 85.6 cm³/mol. The molecule has 1 aliphatic rings. The van der Waals surface area contributed by atoms with Crippen LogP contribution in [0.5, 0.6) is 0 Å². The molecule has 1 fully saturated rings. The minimum absolute atomic E-state index is 0.0408. The van der Waals surface area contributed by atoms with E-state index in [0.717, 1.165) is 5.69 Å². The largest absolute Gasteiger partial charge is 0.322 e. The number of carbonyl (C=O) groups is 2. The second kappa shape index (κ2) is 5.94. The van der Waals surface area contributed by atoms with Crippen LogP contribution in [0.3, 0.4) is 0 Å². The van der Waals surface area contributed by atoms with Gasteiger partial charge in [-0.25, -0.2) is 4.98 Å². The summed E-state index contributed by atoms with van der Waals surface area (Å²) in [4.78, 5) is 29.2. The van der Waals surface area contributed by atoms with Crippen LogP contribution in [0.2, 0.25) is 10.3 Å². The highest BCUT2D eigenvalue weighted by Crippen LogP contribution is 2.25. The number of nitrogens with zero attached hydrogens (tertiary/aromatic N) is 2. The Balaban J connectivity index is 1.79. The van der Waals surface area contributed by atoms with Crippen LogP contribution in [-0.4, -0.2) is 23.3 Å². The molecule has 5 nitrogen and oxygen atoms in total. The summed E-state index contributed by atoms with van der Waals surface area (Å²) < 4.78 is 0. The average Bonchev–Trinajstić information content (AvgIpc) is 2.46. The number of rotatable bonds is 3. The van der Waals surface area contributed by atoms with Crippen LogP contribution in [0.1, 0.15) is 16.8 Å². The summed E-state index contributed by atoms with van der Waals surface area (Å²) in [6.45, 7) is 0.698. The van der Waals surface area contributed by atoms with Crippen LogP contribution in [0, 0.1) is 0 Å². The van der Waals surface area contributed by atoms with E-state index >= 15 is 0 Å². The van der Waals surface area contributed by atoms with Gasteiger partial charge >= 0.3 is 0 Å². The normalized spacial score (nSPS) is 13.7. The van der Waals surface area contributed by atoms with Gasteiger partial charge in [-0.15, -0.1) is 0 Å². The summed E-state index contributed by atoms with van der Waals surface area (Å²) in [6.07, 6.45) is 0.558. The molecule has 112 valence electrons. The van der Waals surface area contributed by atoms with Crippen LogP contribution in [0.4, 0.5) is 11.4 Å². The van der Waals surface area contributed by atoms with E-state index in [9.17, 15) is 9.59 Å². The first-order valence-corrected chi connectivity index (χ1v) is 7.34. The Morgan fingerprint density at radius 3 is 2.68 bits per heavy atom. The minimum Gasteiger partial charge on any atom is -0.322 e. The third kappa shape index (κ3) is 2.91. The van der Waals surface area contributed by atoms with Crippen LogP contribution in [0.25, 0.3) is 0 Å². The number of amides is 2. The smallest absolute Gasteiger partial charge is 0.258 e. The zero-order chi connectivity index (χ0) is 15.7. The van der Waals surface area contributed by atoms with Crippen molar-refractivity contribution >= 4 is 46.4 Å². The lowest BCUT2D eigenvalue weighted by molar-refractivity contribution is -0.122. The molecule has 0 unspecified atom stereocenters. The summed E-state index contributed by atoms with van der Waals surface area (Å²) >= 11 is 11.6. The quantitative estimate of drug-likeness (QED) is 0.690. The van der Waals surface area contributed by atoms with Gasteiger partial charge in [-0.1, -0.05) is 29.3 Å². The Morgan fingerprint density at radius 1 is 1.23 bits per heavy atom. The molecule has 22 heavy (non-hydrogen) atoms. The molecule has 0 saturated carbocycles. The highest BCUT2D eigenvalue weighted by atomic mass is 35.5. The average molecular weight is 336 g/mol. The second-order valence-corrected chi connectivity index (χ2v) is 5.52. The number of hydrogen-bond acceptors (Lipinski definition) is 3. The first kappa shape index (κ1) is 14.8. The summed E-state index contributed by atoms with van der Waals surface area (Å²) in [5.74, 6) is -0.310. The van der Waals surface area contributed by atoms with Gasteiger partial charge in [0.2, 0.25) is 5.91 Å². The molecular formula is C15H11Cl2N3O2. The van der Waals surface area contributed by atoms with Crippen molar-refractivity contribution in [2.45, 2.75) is 6.42 Å². The molecule has 2 heterocycles. The van der Waals surface area contributed by atoms with Crippen LogP contribution in [0.15, 0.2) is 36.4 Å². The molecule has 0 atom stereocenters. The monoisotopic (exact) mass is 335 g/mol. The van der Waals surface area contributed by atoms with Gasteiger partial charge in [0.1, 0.15) is 10.3 Å². The van der Waals surface area contributed by atoms with Gasteiger partial charge in [0, 0.05) is 24.3 Å². The highest BCUT2D eigenvalue weighted by Gasteiger charge is 2.25. The fraction of sp³-hybridized carbons (Fsp3) is 0.133. The van der Waals surface area contributed by atoms with E-state index in [1.807, 2.05) is 6.07 Å². The molecule has 1 aromatic carbocycles. The number of anilines is 2. The molecule has 7 heteroatoms. The highest BCUT2D eigenvalue weighted by molar-refractivity contribution is 6.35. The van der Waals surface area contributed by atoms with E-state index in [-0.39, 0.29) is 27.7 Å². The molecule has 0 bridgehead atoms. The van der Waals surface area contributed by atoms with E-state index in [1.54, 1.807) is 23.1 Å². The van der Waals surface area contributed by atoms with E-state index in [1.165, 1.54) is 12.1 Å². The van der Waals surface area contributed by atoms with Crippen molar-refractivity contribution in [3.63, 3.8) is 0 Å². The van der Waals surface area contributed by atoms with Gasteiger partial charge in [-0.05, 0) is 30.3 Å². The van der Waals surface area contributed by atoms with E-state index in [4.69, 9.17) is 23.2 Å². The van der Waals surface area contributed by atoms with E-state index < -0.39 is 0 Å². The maximum absolute atomic E-state index is 12.2. The van der Waals surface area contributed by atoms with E-state index in [2.05, 4.69) is 10.3 Å². The van der Waals surface area contributed by atoms with Gasteiger partial charge in [0.15, 0.2) is 0 Å². The molecule has 3 rings (SSSR count). The van der Waals surface area contributed by atoms with Crippen molar-refractivity contribution in [2.75, 3.05) is 16.8 Å². The lowest BCUT2D eigenvalue weighted by Crippen LogP contribution is -2.43. The topological polar surface area (TPSA) is 62.3 Å². The van der Waals surface area contributed by atoms with Crippen LogP contribution < -0.4 is 10.2 Å². The maximum atomic E-state index is 12.2. The summed E-state index contributed by atoms with van der Waals surface area (Å²) in [7, 11) is 0. The molecule has 2 aromatic rings. The zero-order valence-electron chi connectivity index (χ0n) is 11.3. The summed E-state index contributed by atoms with van der Waals surface area (Å²) in [5.41, 5.74) is 1.57. The van der Waals surface area contributed by atoms with E-state index in [0.29, 0.717) is 18.7 Å². The Hall–Kier alpha value is -2.11. The van der Waals surface area contributed by atoms with Crippen molar-refractivity contribution in [1.29, 1.82) is 0 Å². The zero-order valence-corrected chi connectivity index (χ0v) is 12.9. The van der Waals surface area contributed by atoms with Gasteiger partial charge in [-0.2, -0.15) is 0 Å². The van der Waals surface area contributed by atoms with Crippen molar-refractivity contribution in [3.05, 3.63) is 52.3 Å². The van der Waals surface area contributed by atoms with Crippen molar-refractivity contribution in [1.82, 2.24) is 4.98 Å². The number of halogens is 2. The summed E-state index contributed by atoms with van der Waals surface area (Å²) in [6, 6.07) is 10.1. The van der Waals surface area contributed by atoms with Gasteiger partial charge in [-0.3, -0.25) is 9.59 Å². The Labute approximate surface area is 136 Å². The predicted octanol–water partition coefficient (Wildman–Crippen LogP) is 3.38. The first-order chi connectivity index (χ1) is 10.5. The number of nitrogens with one attached hydrogen (secondary N) is 1. The third-order valence-corrected chi connectivity index (χ3v) is 3.82. The molecular weight excluding hydrogens is 325 g/mol. The SMILES string of the molecule is O=C(Nc1cccc(N2CCC2=O)c1)c1ccc(Cl)nc1Cl. The fourth-order valence-electron chi connectivity index (χ4n) is 2.12. The molecule has 0 aliphatic carbocycles. The molecule has 1 aliphatic heterocycles. The molecule has 2 amide bonds. The minimum atomic E-state index is -0.388. The van der Waals surface area contributed by atoms with Gasteiger partial charge < -0.3 is 10.2 Å². The molecule has 1 aromatic heterocycles. The number of hydrogen-bond donors (Lipinski definition) is 1. The summed E-state index contributed by atoms with van der Waals surface area (Å²) in [5, 5.41) is 3.00. The number of β-lactam (4-membered cyclic amide) rings is 1. The van der Waals surface area contributed by atoms with Gasteiger partial charge in [0.25, 0.3) is 5.91 Å². The Kier molecular flexibility index (Phi) is 4.00. The molecule has 1 saturated heterocycles. The van der Waals surface area contributed by atoms with Crippen molar-refractivity contribution in [2.24, 2.45) is 0 Å². The van der Waals surface area contributed by atoms with Crippen molar-refractivity contribution in [3.8, 4) is 0 Å². The third-order valence-electron chi connectivity index (χ3n) is 3.33. The lowest BCUT2D eigenvalue weighted by Gasteiger charge is -2.30. The van der Waals surface area contributed by atoms with Gasteiger partial charge in [0.05, 0.1) is 5.56 Å². The number of aromatic nitrogens is 1. The van der Waals surface area contributed by atoms with Crippen LogP contribution in [-0.2, 0) is 4.79 Å². The fourth-order valence-corrected chi connectivity index (χ4v) is 2.55.